The van der Waals surface area contributed by atoms with Gasteiger partial charge in [-0.3, -0.25) is 9.78 Å². The Morgan fingerprint density at radius 2 is 1.96 bits per heavy atom. The van der Waals surface area contributed by atoms with Crippen LogP contribution in [0.4, 0.5) is 4.39 Å². The first-order valence-electron chi connectivity index (χ1n) is 9.34. The van der Waals surface area contributed by atoms with Crippen molar-refractivity contribution in [1.82, 2.24) is 20.0 Å². The molecule has 4 rings (SSSR count). The van der Waals surface area contributed by atoms with E-state index in [2.05, 4.69) is 15.1 Å². The average Bonchev–Trinajstić information content (AvgIpc) is 3.19. The summed E-state index contributed by atoms with van der Waals surface area (Å²) in [6, 6.07) is 9.53. The van der Waals surface area contributed by atoms with E-state index in [9.17, 15) is 9.18 Å². The lowest BCUT2D eigenvalue weighted by atomic mass is 9.92. The number of carbonyl (C=O) groups is 1. The van der Waals surface area contributed by atoms with Gasteiger partial charge >= 0.3 is 0 Å². The summed E-state index contributed by atoms with van der Waals surface area (Å²) in [5.74, 6) is 0.487. The lowest BCUT2D eigenvalue weighted by Gasteiger charge is -2.37. The number of nitrogens with zero attached hydrogens (tertiary/aromatic N) is 4. The van der Waals surface area contributed by atoms with Crippen molar-refractivity contribution in [2.24, 2.45) is 0 Å². The minimum Gasteiger partial charge on any atom is -0.335 e. The summed E-state index contributed by atoms with van der Waals surface area (Å²) in [6.45, 7) is 4.49. The number of carbonyl (C=O) groups excluding carboxylic acids is 1. The first-order chi connectivity index (χ1) is 13.5. The molecule has 3 aromatic rings. The lowest BCUT2D eigenvalue weighted by Crippen LogP contribution is -2.45. The van der Waals surface area contributed by atoms with Gasteiger partial charge in [-0.1, -0.05) is 11.2 Å². The molecule has 1 amide bonds. The number of amides is 1. The molecular formula is C21H21FN4O2. The molecule has 3 heterocycles. The summed E-state index contributed by atoms with van der Waals surface area (Å²) in [6.07, 6.45) is 3.46. The highest BCUT2D eigenvalue weighted by atomic mass is 19.1. The fraction of sp³-hybridized carbons (Fsp3) is 0.333. The van der Waals surface area contributed by atoms with E-state index in [1.807, 2.05) is 30.9 Å². The van der Waals surface area contributed by atoms with Gasteiger partial charge in [-0.25, -0.2) is 4.39 Å². The molecule has 1 unspecified atom stereocenters. The van der Waals surface area contributed by atoms with Crippen molar-refractivity contribution in [2.45, 2.75) is 38.6 Å². The SMILES string of the molecule is Cc1ccc(-c2nc(C3CC[C@@H](C)N(C(=O)c4ccc(F)cc4)C3)no2)nc1. The van der Waals surface area contributed by atoms with Crippen LogP contribution in [0.25, 0.3) is 11.6 Å². The maximum absolute atomic E-state index is 13.2. The molecule has 1 saturated heterocycles. The molecule has 1 aliphatic rings. The van der Waals surface area contributed by atoms with Crippen molar-refractivity contribution in [3.8, 4) is 11.6 Å². The summed E-state index contributed by atoms with van der Waals surface area (Å²) < 4.78 is 18.6. The zero-order chi connectivity index (χ0) is 19.7. The van der Waals surface area contributed by atoms with E-state index in [1.165, 1.54) is 24.3 Å². The quantitative estimate of drug-likeness (QED) is 0.687. The molecule has 0 bridgehead atoms. The Labute approximate surface area is 162 Å². The third-order valence-corrected chi connectivity index (χ3v) is 5.17. The second kappa shape index (κ2) is 7.50. The summed E-state index contributed by atoms with van der Waals surface area (Å²) >= 11 is 0. The molecule has 0 spiro atoms. The Kier molecular flexibility index (Phi) is 4.90. The van der Waals surface area contributed by atoms with Gasteiger partial charge in [0.1, 0.15) is 11.5 Å². The van der Waals surface area contributed by atoms with Gasteiger partial charge in [0.15, 0.2) is 5.82 Å². The van der Waals surface area contributed by atoms with Crippen molar-refractivity contribution in [1.29, 1.82) is 0 Å². The Balaban J connectivity index is 1.52. The fourth-order valence-corrected chi connectivity index (χ4v) is 3.46. The molecule has 1 fully saturated rings. The van der Waals surface area contributed by atoms with E-state index in [0.717, 1.165) is 18.4 Å². The van der Waals surface area contributed by atoms with Crippen molar-refractivity contribution >= 4 is 5.91 Å². The molecule has 6 nitrogen and oxygen atoms in total. The van der Waals surface area contributed by atoms with Gasteiger partial charge in [-0.15, -0.1) is 0 Å². The van der Waals surface area contributed by atoms with Crippen LogP contribution in [0.3, 0.4) is 0 Å². The predicted octanol–water partition coefficient (Wildman–Crippen LogP) is 3.99. The second-order valence-corrected chi connectivity index (χ2v) is 7.27. The Morgan fingerprint density at radius 3 is 2.68 bits per heavy atom. The molecule has 0 saturated carbocycles. The minimum atomic E-state index is -0.356. The van der Waals surface area contributed by atoms with E-state index in [-0.39, 0.29) is 23.7 Å². The number of halogens is 1. The molecule has 7 heteroatoms. The highest BCUT2D eigenvalue weighted by Crippen LogP contribution is 2.30. The van der Waals surface area contributed by atoms with Crippen molar-refractivity contribution < 1.29 is 13.7 Å². The lowest BCUT2D eigenvalue weighted by molar-refractivity contribution is 0.0604. The van der Waals surface area contributed by atoms with Gasteiger partial charge < -0.3 is 9.42 Å². The molecular weight excluding hydrogens is 359 g/mol. The first-order valence-corrected chi connectivity index (χ1v) is 9.34. The van der Waals surface area contributed by atoms with Crippen LogP contribution in [0.5, 0.6) is 0 Å². The Bertz CT molecular complexity index is 969. The molecule has 2 aromatic heterocycles. The molecule has 144 valence electrons. The number of likely N-dealkylation sites (tertiary alicyclic amines) is 1. The highest BCUT2D eigenvalue weighted by Gasteiger charge is 2.32. The van der Waals surface area contributed by atoms with Crippen LogP contribution in [-0.4, -0.2) is 38.5 Å². The topological polar surface area (TPSA) is 72.1 Å². The number of aryl methyl sites for hydroxylation is 1. The van der Waals surface area contributed by atoms with Crippen molar-refractivity contribution in [3.63, 3.8) is 0 Å². The molecule has 1 aliphatic heterocycles. The first kappa shape index (κ1) is 18.3. The normalized spacial score (nSPS) is 19.6. The van der Waals surface area contributed by atoms with Crippen LogP contribution in [0, 0.1) is 12.7 Å². The van der Waals surface area contributed by atoms with E-state index < -0.39 is 0 Å². The number of aromatic nitrogens is 3. The van der Waals surface area contributed by atoms with Gasteiger partial charge in [0.25, 0.3) is 11.8 Å². The summed E-state index contributed by atoms with van der Waals surface area (Å²) in [5.41, 5.74) is 2.17. The average molecular weight is 380 g/mol. The zero-order valence-corrected chi connectivity index (χ0v) is 15.8. The van der Waals surface area contributed by atoms with Crippen LogP contribution < -0.4 is 0 Å². The van der Waals surface area contributed by atoms with E-state index >= 15 is 0 Å². The zero-order valence-electron chi connectivity index (χ0n) is 15.8. The maximum atomic E-state index is 13.2. The van der Waals surface area contributed by atoms with E-state index in [1.54, 1.807) is 6.20 Å². The number of hydrogen-bond acceptors (Lipinski definition) is 5. The van der Waals surface area contributed by atoms with Crippen LogP contribution in [-0.2, 0) is 0 Å². The van der Waals surface area contributed by atoms with Gasteiger partial charge in [0.05, 0.1) is 0 Å². The number of pyridine rings is 1. The number of benzene rings is 1. The number of rotatable bonds is 3. The third kappa shape index (κ3) is 3.65. The molecule has 0 radical (unpaired) electrons. The summed E-state index contributed by atoms with van der Waals surface area (Å²) in [4.78, 5) is 23.5. The highest BCUT2D eigenvalue weighted by molar-refractivity contribution is 5.94. The minimum absolute atomic E-state index is 0.0106. The van der Waals surface area contributed by atoms with Gasteiger partial charge in [0, 0.05) is 30.3 Å². The molecule has 1 aromatic carbocycles. The van der Waals surface area contributed by atoms with E-state index in [0.29, 0.717) is 29.5 Å². The molecule has 0 aliphatic carbocycles. The second-order valence-electron chi connectivity index (χ2n) is 7.27. The summed E-state index contributed by atoms with van der Waals surface area (Å²) in [5, 5.41) is 4.13. The van der Waals surface area contributed by atoms with Gasteiger partial charge in [-0.05, 0) is 62.6 Å². The van der Waals surface area contributed by atoms with Crippen LogP contribution in [0.1, 0.15) is 47.4 Å². The number of piperidine rings is 1. The van der Waals surface area contributed by atoms with E-state index in [4.69, 9.17) is 4.52 Å². The summed E-state index contributed by atoms with van der Waals surface area (Å²) in [7, 11) is 0. The van der Waals surface area contributed by atoms with Crippen LogP contribution in [0.15, 0.2) is 47.1 Å². The number of hydrogen-bond donors (Lipinski definition) is 0. The molecule has 0 N–H and O–H groups in total. The van der Waals surface area contributed by atoms with Crippen LogP contribution >= 0.6 is 0 Å². The fourth-order valence-electron chi connectivity index (χ4n) is 3.46. The maximum Gasteiger partial charge on any atom is 0.276 e. The van der Waals surface area contributed by atoms with Gasteiger partial charge in [-0.2, -0.15) is 4.98 Å². The largest absolute Gasteiger partial charge is 0.335 e. The van der Waals surface area contributed by atoms with Crippen LogP contribution in [0.2, 0.25) is 0 Å². The van der Waals surface area contributed by atoms with Gasteiger partial charge in [0.2, 0.25) is 0 Å². The Hall–Kier alpha value is -3.09. The molecule has 28 heavy (non-hydrogen) atoms. The third-order valence-electron chi connectivity index (χ3n) is 5.17. The predicted molar refractivity (Wildman–Crippen MR) is 101 cm³/mol. The van der Waals surface area contributed by atoms with Crippen molar-refractivity contribution in [3.05, 3.63) is 65.4 Å². The Morgan fingerprint density at radius 1 is 1.18 bits per heavy atom. The monoisotopic (exact) mass is 380 g/mol. The standard InChI is InChI=1S/C21H21FN4O2/c1-13-3-10-18(23-11-13)20-24-19(25-28-20)16-5-4-14(2)26(12-16)21(27)15-6-8-17(22)9-7-15/h3,6-11,14,16H,4-5,12H2,1-2H3/t14-,16?/m1/s1. The van der Waals surface area contributed by atoms with Crippen molar-refractivity contribution in [2.75, 3.05) is 6.54 Å². The molecule has 2 atom stereocenters. The smallest absolute Gasteiger partial charge is 0.276 e.